The summed E-state index contributed by atoms with van der Waals surface area (Å²) in [5.41, 5.74) is 2.29. The summed E-state index contributed by atoms with van der Waals surface area (Å²) in [7, 11) is 0. The fourth-order valence-electron chi connectivity index (χ4n) is 2.42. The molecule has 0 unspecified atom stereocenters. The predicted molar refractivity (Wildman–Crippen MR) is 103 cm³/mol. The molecule has 0 aliphatic heterocycles. The van der Waals surface area contributed by atoms with Gasteiger partial charge in [-0.05, 0) is 42.7 Å². The summed E-state index contributed by atoms with van der Waals surface area (Å²) in [5.74, 6) is 0. The molecule has 0 saturated carbocycles. The van der Waals surface area contributed by atoms with Gasteiger partial charge in [-0.25, -0.2) is 9.59 Å². The number of rotatable bonds is 6. The van der Waals surface area contributed by atoms with E-state index in [2.05, 4.69) is 15.7 Å². The third-order valence-electron chi connectivity index (χ3n) is 3.73. The zero-order chi connectivity index (χ0) is 18.9. The number of benzene rings is 2. The van der Waals surface area contributed by atoms with Crippen LogP contribution in [-0.2, 0) is 11.2 Å². The van der Waals surface area contributed by atoms with E-state index in [0.29, 0.717) is 24.2 Å². The molecule has 2 amide bonds. The molecule has 1 heterocycles. The van der Waals surface area contributed by atoms with E-state index in [-0.39, 0.29) is 12.6 Å². The maximum absolute atomic E-state index is 12.1. The third-order valence-corrected chi connectivity index (χ3v) is 3.73. The quantitative estimate of drug-likeness (QED) is 0.644. The summed E-state index contributed by atoms with van der Waals surface area (Å²) < 4.78 is 6.40. The first-order chi connectivity index (χ1) is 13.2. The normalized spacial score (nSPS) is 10.2. The Labute approximate surface area is 157 Å². The summed E-state index contributed by atoms with van der Waals surface area (Å²) in [5, 5.41) is 9.48. The molecule has 0 radical (unpaired) electrons. The molecule has 0 fully saturated rings. The van der Waals surface area contributed by atoms with E-state index >= 15 is 0 Å². The number of para-hydroxylation sites is 2. The highest BCUT2D eigenvalue weighted by molar-refractivity contribution is 5.90. The maximum atomic E-state index is 12.1. The molecule has 0 atom stereocenters. The summed E-state index contributed by atoms with van der Waals surface area (Å²) in [4.78, 5) is 23.8. The summed E-state index contributed by atoms with van der Waals surface area (Å²) in [6.45, 7) is 0.278. The number of aryl methyl sites for hydroxylation is 1. The molecule has 27 heavy (non-hydrogen) atoms. The van der Waals surface area contributed by atoms with E-state index in [1.54, 1.807) is 36.7 Å². The minimum atomic E-state index is -0.487. The van der Waals surface area contributed by atoms with Gasteiger partial charge in [0.1, 0.15) is 0 Å². The van der Waals surface area contributed by atoms with Crippen molar-refractivity contribution < 1.29 is 14.3 Å². The van der Waals surface area contributed by atoms with Gasteiger partial charge in [0.05, 0.1) is 12.8 Å². The molecule has 0 aliphatic rings. The molecule has 0 bridgehead atoms. The zero-order valence-electron chi connectivity index (χ0n) is 14.7. The van der Waals surface area contributed by atoms with Gasteiger partial charge >= 0.3 is 12.1 Å². The van der Waals surface area contributed by atoms with Crippen molar-refractivity contribution in [2.75, 3.05) is 17.2 Å². The molecule has 2 aromatic carbocycles. The second-order valence-electron chi connectivity index (χ2n) is 5.82. The molecule has 7 nitrogen and oxygen atoms in total. The number of hydrogen-bond donors (Lipinski definition) is 2. The first-order valence-corrected chi connectivity index (χ1v) is 8.59. The van der Waals surface area contributed by atoms with Gasteiger partial charge in [0.25, 0.3) is 0 Å². The molecule has 1 aromatic heterocycles. The van der Waals surface area contributed by atoms with Gasteiger partial charge in [0.15, 0.2) is 0 Å². The lowest BCUT2D eigenvalue weighted by molar-refractivity contribution is 0.160. The van der Waals surface area contributed by atoms with Crippen LogP contribution in [0.3, 0.4) is 0 Å². The lowest BCUT2D eigenvalue weighted by Gasteiger charge is -2.06. The van der Waals surface area contributed by atoms with Crippen LogP contribution in [0.25, 0.3) is 0 Å². The molecule has 7 heteroatoms. The zero-order valence-corrected chi connectivity index (χ0v) is 14.7. The van der Waals surface area contributed by atoms with E-state index in [9.17, 15) is 9.59 Å². The molecule has 0 aliphatic carbocycles. The van der Waals surface area contributed by atoms with Crippen LogP contribution >= 0.6 is 0 Å². The number of anilines is 2. The van der Waals surface area contributed by atoms with Gasteiger partial charge in [0, 0.05) is 17.6 Å². The highest BCUT2D eigenvalue weighted by Crippen LogP contribution is 2.08. The average molecular weight is 364 g/mol. The number of aromatic nitrogens is 2. The maximum Gasteiger partial charge on any atom is 0.411 e. The van der Waals surface area contributed by atoms with Crippen molar-refractivity contribution in [1.82, 2.24) is 9.78 Å². The van der Waals surface area contributed by atoms with Crippen molar-refractivity contribution in [1.29, 1.82) is 0 Å². The Morgan fingerprint density at radius 1 is 0.926 bits per heavy atom. The van der Waals surface area contributed by atoms with Crippen molar-refractivity contribution >= 4 is 23.5 Å². The highest BCUT2D eigenvalue weighted by Gasteiger charge is 2.08. The van der Waals surface area contributed by atoms with E-state index in [1.165, 1.54) is 4.68 Å². The van der Waals surface area contributed by atoms with Gasteiger partial charge in [-0.1, -0.05) is 36.4 Å². The number of carbonyl (C=O) groups is 2. The second-order valence-corrected chi connectivity index (χ2v) is 5.82. The molecule has 138 valence electrons. The van der Waals surface area contributed by atoms with Crippen LogP contribution < -0.4 is 10.6 Å². The second kappa shape index (κ2) is 9.19. The number of nitrogens with zero attached hydrogens (tertiary/aromatic N) is 2. The number of ether oxygens (including phenoxy) is 1. The van der Waals surface area contributed by atoms with Gasteiger partial charge < -0.3 is 10.1 Å². The van der Waals surface area contributed by atoms with Crippen LogP contribution in [0.5, 0.6) is 0 Å². The Morgan fingerprint density at radius 2 is 1.56 bits per heavy atom. The first-order valence-electron chi connectivity index (χ1n) is 8.59. The summed E-state index contributed by atoms with van der Waals surface area (Å²) >= 11 is 0. The third kappa shape index (κ3) is 5.71. The van der Waals surface area contributed by atoms with Crippen LogP contribution in [-0.4, -0.2) is 28.5 Å². The topological polar surface area (TPSA) is 85.2 Å². The lowest BCUT2D eigenvalue weighted by Crippen LogP contribution is -2.19. The number of carbonyl (C=O) groups excluding carboxylic acids is 2. The SMILES string of the molecule is O=C(Nc1ccccc1)OCCCc1cnn(C(=O)Nc2ccccc2)c1. The molecule has 3 rings (SSSR count). The Balaban J connectivity index is 1.39. The predicted octanol–water partition coefficient (Wildman–Crippen LogP) is 4.14. The van der Waals surface area contributed by atoms with Gasteiger partial charge in [-0.3, -0.25) is 5.32 Å². The Morgan fingerprint density at radius 3 is 2.22 bits per heavy atom. The van der Waals surface area contributed by atoms with E-state index < -0.39 is 6.09 Å². The monoisotopic (exact) mass is 364 g/mol. The van der Waals surface area contributed by atoms with E-state index in [1.807, 2.05) is 36.4 Å². The number of nitrogens with one attached hydrogen (secondary N) is 2. The standard InChI is InChI=1S/C20H20N4O3/c25-19(22-17-9-3-1-4-10-17)24-15-16(14-21-24)8-7-13-27-20(26)23-18-11-5-2-6-12-18/h1-6,9-12,14-15H,7-8,13H2,(H,22,25)(H,23,26). The molecular weight excluding hydrogens is 344 g/mol. The summed E-state index contributed by atoms with van der Waals surface area (Å²) in [6.07, 6.45) is 4.10. The van der Waals surface area contributed by atoms with Crippen molar-refractivity contribution in [2.45, 2.75) is 12.8 Å². The minimum Gasteiger partial charge on any atom is -0.449 e. The first kappa shape index (κ1) is 18.2. The highest BCUT2D eigenvalue weighted by atomic mass is 16.5. The molecule has 0 saturated heterocycles. The van der Waals surface area contributed by atoms with E-state index in [0.717, 1.165) is 5.56 Å². The van der Waals surface area contributed by atoms with Crippen LogP contribution in [0.1, 0.15) is 12.0 Å². The average Bonchev–Trinajstić information content (AvgIpc) is 3.16. The van der Waals surface area contributed by atoms with Gasteiger partial charge in [-0.2, -0.15) is 9.78 Å². The van der Waals surface area contributed by atoms with Crippen LogP contribution in [0.2, 0.25) is 0 Å². The Bertz CT molecular complexity index is 879. The van der Waals surface area contributed by atoms with E-state index in [4.69, 9.17) is 4.74 Å². The smallest absolute Gasteiger partial charge is 0.411 e. The largest absolute Gasteiger partial charge is 0.449 e. The van der Waals surface area contributed by atoms with Crippen LogP contribution in [0.15, 0.2) is 73.1 Å². The fourth-order valence-corrected chi connectivity index (χ4v) is 2.42. The number of hydrogen-bond acceptors (Lipinski definition) is 4. The van der Waals surface area contributed by atoms with Crippen molar-refractivity contribution in [2.24, 2.45) is 0 Å². The summed E-state index contributed by atoms with van der Waals surface area (Å²) in [6, 6.07) is 18.0. The van der Waals surface area contributed by atoms with Crippen molar-refractivity contribution in [3.8, 4) is 0 Å². The molecule has 0 spiro atoms. The minimum absolute atomic E-state index is 0.278. The number of amides is 2. The fraction of sp³-hybridized carbons (Fsp3) is 0.150. The van der Waals surface area contributed by atoms with Crippen molar-refractivity contribution in [3.05, 3.63) is 78.6 Å². The molecule has 2 N–H and O–H groups in total. The van der Waals surface area contributed by atoms with Crippen molar-refractivity contribution in [3.63, 3.8) is 0 Å². The Hall–Kier alpha value is -3.61. The van der Waals surface area contributed by atoms with Crippen LogP contribution in [0, 0.1) is 0 Å². The van der Waals surface area contributed by atoms with Gasteiger partial charge in [0.2, 0.25) is 0 Å². The Kier molecular flexibility index (Phi) is 6.19. The molecular formula is C20H20N4O3. The van der Waals surface area contributed by atoms with Gasteiger partial charge in [-0.15, -0.1) is 0 Å². The lowest BCUT2D eigenvalue weighted by atomic mass is 10.2. The molecule has 3 aromatic rings. The van der Waals surface area contributed by atoms with Crippen LogP contribution in [0.4, 0.5) is 21.0 Å².